The fourth-order valence-corrected chi connectivity index (χ4v) is 1.60. The summed E-state index contributed by atoms with van der Waals surface area (Å²) in [4.78, 5) is 25.3. The third-order valence-corrected chi connectivity index (χ3v) is 2.93. The minimum atomic E-state index is -1.11. The number of carbonyl (C=O) groups excluding carboxylic acids is 1. The van der Waals surface area contributed by atoms with Gasteiger partial charge in [-0.25, -0.2) is 14.0 Å². The Morgan fingerprint density at radius 1 is 1.37 bits per heavy atom. The van der Waals surface area contributed by atoms with E-state index in [-0.39, 0.29) is 12.2 Å². The maximum Gasteiger partial charge on any atom is 0.326 e. The number of nitrogens with zero attached hydrogens (tertiary/aromatic N) is 2. The van der Waals surface area contributed by atoms with Crippen molar-refractivity contribution in [3.05, 3.63) is 30.1 Å². The standard InChI is InChI=1S/C13H17FN2O3/c1-4-16(11-8-6-5-7-10(11)14)13(19)15(3)9(2)12(17)18/h5-9H,4H2,1-3H3,(H,17,18). The van der Waals surface area contributed by atoms with Gasteiger partial charge in [0.25, 0.3) is 0 Å². The average molecular weight is 268 g/mol. The topological polar surface area (TPSA) is 60.9 Å². The summed E-state index contributed by atoms with van der Waals surface area (Å²) in [5.41, 5.74) is 0.138. The van der Waals surface area contributed by atoms with Crippen molar-refractivity contribution >= 4 is 17.7 Å². The van der Waals surface area contributed by atoms with Gasteiger partial charge < -0.3 is 10.0 Å². The highest BCUT2D eigenvalue weighted by Gasteiger charge is 2.27. The molecule has 0 fully saturated rings. The summed E-state index contributed by atoms with van der Waals surface area (Å²) in [7, 11) is 1.38. The molecule has 0 bridgehead atoms. The molecule has 6 heteroatoms. The number of amides is 2. The molecule has 1 aromatic rings. The third-order valence-electron chi connectivity index (χ3n) is 2.93. The van der Waals surface area contributed by atoms with Gasteiger partial charge in [-0.15, -0.1) is 0 Å². The fourth-order valence-electron chi connectivity index (χ4n) is 1.60. The van der Waals surface area contributed by atoms with E-state index in [4.69, 9.17) is 5.11 Å². The molecule has 1 rings (SSSR count). The molecule has 0 saturated carbocycles. The van der Waals surface area contributed by atoms with Crippen LogP contribution in [-0.4, -0.2) is 41.6 Å². The largest absolute Gasteiger partial charge is 0.480 e. The molecular weight excluding hydrogens is 251 g/mol. The zero-order valence-corrected chi connectivity index (χ0v) is 11.1. The molecule has 0 aliphatic carbocycles. The van der Waals surface area contributed by atoms with Crippen LogP contribution < -0.4 is 4.90 Å². The van der Waals surface area contributed by atoms with Gasteiger partial charge >= 0.3 is 12.0 Å². The van der Waals surface area contributed by atoms with Crippen LogP contribution in [0.3, 0.4) is 0 Å². The van der Waals surface area contributed by atoms with Crippen LogP contribution in [0.25, 0.3) is 0 Å². The first-order valence-corrected chi connectivity index (χ1v) is 5.91. The molecule has 1 N–H and O–H groups in total. The molecule has 0 heterocycles. The van der Waals surface area contributed by atoms with Gasteiger partial charge in [0.05, 0.1) is 5.69 Å². The molecule has 0 aromatic heterocycles. The van der Waals surface area contributed by atoms with Gasteiger partial charge in [0.1, 0.15) is 11.9 Å². The maximum absolute atomic E-state index is 13.7. The van der Waals surface area contributed by atoms with E-state index in [0.29, 0.717) is 0 Å². The minimum absolute atomic E-state index is 0.138. The minimum Gasteiger partial charge on any atom is -0.480 e. The van der Waals surface area contributed by atoms with Crippen molar-refractivity contribution in [3.8, 4) is 0 Å². The number of likely N-dealkylation sites (N-methyl/N-ethyl adjacent to an activating group) is 1. The molecule has 1 atom stereocenters. The van der Waals surface area contributed by atoms with Crippen LogP contribution in [0.1, 0.15) is 13.8 Å². The summed E-state index contributed by atoms with van der Waals surface area (Å²) in [5.74, 6) is -1.63. The van der Waals surface area contributed by atoms with Gasteiger partial charge in [-0.05, 0) is 26.0 Å². The van der Waals surface area contributed by atoms with Gasteiger partial charge in [-0.1, -0.05) is 12.1 Å². The quantitative estimate of drug-likeness (QED) is 0.910. The number of halogens is 1. The Bertz CT molecular complexity index is 479. The second kappa shape index (κ2) is 6.17. The molecule has 104 valence electrons. The molecule has 19 heavy (non-hydrogen) atoms. The van der Waals surface area contributed by atoms with Crippen molar-refractivity contribution in [3.63, 3.8) is 0 Å². The van der Waals surface area contributed by atoms with E-state index in [0.717, 1.165) is 4.90 Å². The summed E-state index contributed by atoms with van der Waals surface area (Å²) in [6, 6.07) is 4.35. The van der Waals surface area contributed by atoms with E-state index in [9.17, 15) is 14.0 Å². The number of benzene rings is 1. The first-order chi connectivity index (χ1) is 8.90. The van der Waals surface area contributed by atoms with Crippen molar-refractivity contribution in [2.45, 2.75) is 19.9 Å². The first-order valence-electron chi connectivity index (χ1n) is 5.91. The lowest BCUT2D eigenvalue weighted by molar-refractivity contribution is -0.141. The van der Waals surface area contributed by atoms with E-state index >= 15 is 0 Å². The normalized spacial score (nSPS) is 11.8. The number of urea groups is 1. The van der Waals surface area contributed by atoms with Gasteiger partial charge in [0.15, 0.2) is 0 Å². The van der Waals surface area contributed by atoms with Crippen LogP contribution >= 0.6 is 0 Å². The molecule has 1 unspecified atom stereocenters. The lowest BCUT2D eigenvalue weighted by Crippen LogP contribution is -2.48. The number of carboxylic acids is 1. The van der Waals surface area contributed by atoms with Crippen molar-refractivity contribution in [2.75, 3.05) is 18.5 Å². The van der Waals surface area contributed by atoms with E-state index < -0.39 is 23.9 Å². The summed E-state index contributed by atoms with van der Waals surface area (Å²) < 4.78 is 13.7. The molecule has 0 radical (unpaired) electrons. The third kappa shape index (κ3) is 3.21. The molecule has 0 spiro atoms. The van der Waals surface area contributed by atoms with Gasteiger partial charge in [0.2, 0.25) is 0 Å². The number of aliphatic carboxylic acids is 1. The Kier molecular flexibility index (Phi) is 4.86. The summed E-state index contributed by atoms with van der Waals surface area (Å²) in [6.07, 6.45) is 0. The predicted molar refractivity (Wildman–Crippen MR) is 69.7 cm³/mol. The lowest BCUT2D eigenvalue weighted by atomic mass is 10.2. The monoisotopic (exact) mass is 268 g/mol. The number of carboxylic acid groups (broad SMARTS) is 1. The van der Waals surface area contributed by atoms with Crippen LogP contribution in [0.5, 0.6) is 0 Å². The second-order valence-corrected chi connectivity index (χ2v) is 4.10. The summed E-state index contributed by atoms with van der Waals surface area (Å²) >= 11 is 0. The Labute approximate surface area is 111 Å². The summed E-state index contributed by atoms with van der Waals surface area (Å²) in [6.45, 7) is 3.34. The Morgan fingerprint density at radius 2 is 1.95 bits per heavy atom. The molecule has 0 saturated heterocycles. The number of carbonyl (C=O) groups is 2. The Morgan fingerprint density at radius 3 is 2.42 bits per heavy atom. The number of para-hydroxylation sites is 1. The lowest BCUT2D eigenvalue weighted by Gasteiger charge is -2.29. The highest BCUT2D eigenvalue weighted by Crippen LogP contribution is 2.20. The molecule has 0 aliphatic heterocycles. The number of anilines is 1. The zero-order chi connectivity index (χ0) is 14.6. The molecule has 0 aliphatic rings. The molecule has 2 amide bonds. The van der Waals surface area contributed by atoms with Crippen LogP contribution in [0, 0.1) is 5.82 Å². The number of hydrogen-bond donors (Lipinski definition) is 1. The van der Waals surface area contributed by atoms with Crippen molar-refractivity contribution in [2.24, 2.45) is 0 Å². The number of rotatable bonds is 4. The van der Waals surface area contributed by atoms with Crippen LogP contribution in [-0.2, 0) is 4.79 Å². The van der Waals surface area contributed by atoms with E-state index in [1.54, 1.807) is 13.0 Å². The second-order valence-electron chi connectivity index (χ2n) is 4.10. The van der Waals surface area contributed by atoms with Crippen molar-refractivity contribution < 1.29 is 19.1 Å². The SMILES string of the molecule is CCN(C(=O)N(C)C(C)C(=O)O)c1ccccc1F. The summed E-state index contributed by atoms with van der Waals surface area (Å²) in [5, 5.41) is 8.89. The van der Waals surface area contributed by atoms with Gasteiger partial charge in [0, 0.05) is 13.6 Å². The average Bonchev–Trinajstić information content (AvgIpc) is 2.39. The van der Waals surface area contributed by atoms with E-state index in [1.807, 2.05) is 0 Å². The van der Waals surface area contributed by atoms with Gasteiger partial charge in [-0.3, -0.25) is 4.90 Å². The molecule has 1 aromatic carbocycles. The van der Waals surface area contributed by atoms with E-state index in [2.05, 4.69) is 0 Å². The first kappa shape index (κ1) is 14.9. The van der Waals surface area contributed by atoms with Crippen molar-refractivity contribution in [1.82, 2.24) is 4.90 Å². The number of hydrogen-bond acceptors (Lipinski definition) is 2. The van der Waals surface area contributed by atoms with Crippen molar-refractivity contribution in [1.29, 1.82) is 0 Å². The predicted octanol–water partition coefficient (Wildman–Crippen LogP) is 2.18. The zero-order valence-electron chi connectivity index (χ0n) is 11.1. The maximum atomic E-state index is 13.7. The smallest absolute Gasteiger partial charge is 0.326 e. The van der Waals surface area contributed by atoms with Crippen LogP contribution in [0.15, 0.2) is 24.3 Å². The van der Waals surface area contributed by atoms with E-state index in [1.165, 1.54) is 37.1 Å². The van der Waals surface area contributed by atoms with Crippen LogP contribution in [0.2, 0.25) is 0 Å². The molecular formula is C13H17FN2O3. The van der Waals surface area contributed by atoms with Gasteiger partial charge in [-0.2, -0.15) is 0 Å². The Balaban J connectivity index is 3.01. The van der Waals surface area contributed by atoms with Crippen LogP contribution in [0.4, 0.5) is 14.9 Å². The highest BCUT2D eigenvalue weighted by atomic mass is 19.1. The Hall–Kier alpha value is -2.11. The highest BCUT2D eigenvalue weighted by molar-refractivity contribution is 5.94. The molecule has 5 nitrogen and oxygen atoms in total. The fraction of sp³-hybridized carbons (Fsp3) is 0.385.